The zero-order chi connectivity index (χ0) is 18.6. The summed E-state index contributed by atoms with van der Waals surface area (Å²) in [5, 5.41) is 0. The Morgan fingerprint density at radius 3 is 2.04 bits per heavy atom. The number of hydrogen-bond donors (Lipinski definition) is 0. The average Bonchev–Trinajstić information content (AvgIpc) is 2.93. The molecule has 0 radical (unpaired) electrons. The molecule has 1 saturated heterocycles. The van der Waals surface area contributed by atoms with Gasteiger partial charge in [-0.3, -0.25) is 9.59 Å². The molecule has 2 amide bonds. The lowest BCUT2D eigenvalue weighted by atomic mass is 9.94. The largest absolute Gasteiger partial charge is 0.335 e. The fourth-order valence-corrected chi connectivity index (χ4v) is 5.42. The van der Waals surface area contributed by atoms with Crippen LogP contribution in [-0.4, -0.2) is 92.8 Å². The normalized spacial score (nSPS) is 23.6. The van der Waals surface area contributed by atoms with Gasteiger partial charge in [0.05, 0.1) is 11.5 Å². The summed E-state index contributed by atoms with van der Waals surface area (Å²) in [6.45, 7) is 0.971. The highest BCUT2D eigenvalue weighted by molar-refractivity contribution is 7.91. The maximum Gasteiger partial charge on any atom is 0.312 e. The van der Waals surface area contributed by atoms with Crippen molar-refractivity contribution in [1.82, 2.24) is 14.7 Å². The van der Waals surface area contributed by atoms with E-state index in [2.05, 4.69) is 0 Å². The number of hydrogen-bond acceptors (Lipinski definition) is 5. The monoisotopic (exact) mass is 373 g/mol. The van der Waals surface area contributed by atoms with Crippen LogP contribution in [0.1, 0.15) is 38.5 Å². The van der Waals surface area contributed by atoms with E-state index in [4.69, 9.17) is 0 Å². The Morgan fingerprint density at radius 2 is 1.52 bits per heavy atom. The molecule has 0 N–H and O–H groups in total. The SMILES string of the molecule is CN(C)CCN(C(=O)C(=O)N(C)C1CCCCC1)C1CCS(=O)(=O)C1. The van der Waals surface area contributed by atoms with Crippen molar-refractivity contribution in [3.8, 4) is 0 Å². The summed E-state index contributed by atoms with van der Waals surface area (Å²) in [6, 6.07) is -0.269. The number of nitrogens with zero attached hydrogens (tertiary/aromatic N) is 3. The van der Waals surface area contributed by atoms with Crippen LogP contribution in [0.2, 0.25) is 0 Å². The second-order valence-corrected chi connectivity index (χ2v) is 9.80. The first-order chi connectivity index (χ1) is 11.7. The molecule has 0 aromatic rings. The second kappa shape index (κ2) is 8.49. The molecule has 2 fully saturated rings. The molecule has 25 heavy (non-hydrogen) atoms. The fraction of sp³-hybridized carbons (Fsp3) is 0.882. The van der Waals surface area contributed by atoms with Gasteiger partial charge in [0, 0.05) is 32.2 Å². The van der Waals surface area contributed by atoms with E-state index in [9.17, 15) is 18.0 Å². The van der Waals surface area contributed by atoms with Gasteiger partial charge >= 0.3 is 11.8 Å². The minimum Gasteiger partial charge on any atom is -0.335 e. The number of rotatable bonds is 5. The van der Waals surface area contributed by atoms with E-state index in [1.54, 1.807) is 11.9 Å². The number of carbonyl (C=O) groups excluding carboxylic acids is 2. The molecule has 0 spiro atoms. The van der Waals surface area contributed by atoms with Crippen LogP contribution in [0, 0.1) is 0 Å². The standard InChI is InChI=1S/C17H31N3O4S/c1-18(2)10-11-20(15-9-12-25(23,24)13-15)17(22)16(21)19(3)14-7-5-4-6-8-14/h14-15H,4-13H2,1-3H3. The molecule has 1 unspecified atom stereocenters. The van der Waals surface area contributed by atoms with Crippen LogP contribution >= 0.6 is 0 Å². The van der Waals surface area contributed by atoms with Crippen molar-refractivity contribution in [2.45, 2.75) is 50.6 Å². The van der Waals surface area contributed by atoms with Gasteiger partial charge in [-0.2, -0.15) is 0 Å². The van der Waals surface area contributed by atoms with Crippen molar-refractivity contribution in [2.24, 2.45) is 0 Å². The molecule has 1 aliphatic carbocycles. The van der Waals surface area contributed by atoms with Crippen LogP contribution in [0.25, 0.3) is 0 Å². The van der Waals surface area contributed by atoms with E-state index < -0.39 is 21.7 Å². The lowest BCUT2D eigenvalue weighted by molar-refractivity contribution is -0.153. The summed E-state index contributed by atoms with van der Waals surface area (Å²) in [4.78, 5) is 30.6. The molecule has 1 aliphatic heterocycles. The summed E-state index contributed by atoms with van der Waals surface area (Å²) in [5.74, 6) is -1.00. The maximum atomic E-state index is 12.9. The molecule has 1 heterocycles. The summed E-state index contributed by atoms with van der Waals surface area (Å²) in [7, 11) is 2.37. The van der Waals surface area contributed by atoms with Gasteiger partial charge in [0.25, 0.3) is 0 Å². The molecule has 1 atom stereocenters. The van der Waals surface area contributed by atoms with Gasteiger partial charge in [-0.1, -0.05) is 19.3 Å². The van der Waals surface area contributed by atoms with Crippen molar-refractivity contribution in [3.05, 3.63) is 0 Å². The second-order valence-electron chi connectivity index (χ2n) is 7.57. The Morgan fingerprint density at radius 1 is 0.880 bits per heavy atom. The first-order valence-electron chi connectivity index (χ1n) is 9.14. The summed E-state index contributed by atoms with van der Waals surface area (Å²) in [5.41, 5.74) is 0. The highest BCUT2D eigenvalue weighted by Crippen LogP contribution is 2.23. The van der Waals surface area contributed by atoms with Gasteiger partial charge in [-0.15, -0.1) is 0 Å². The van der Waals surface area contributed by atoms with Crippen LogP contribution in [0.15, 0.2) is 0 Å². The van der Waals surface area contributed by atoms with Gasteiger partial charge in [0.15, 0.2) is 9.84 Å². The van der Waals surface area contributed by atoms with Crippen molar-refractivity contribution >= 4 is 21.7 Å². The van der Waals surface area contributed by atoms with Crippen molar-refractivity contribution in [2.75, 3.05) is 45.7 Å². The first kappa shape index (κ1) is 20.2. The van der Waals surface area contributed by atoms with Gasteiger partial charge in [-0.25, -0.2) is 8.42 Å². The molecule has 0 aromatic carbocycles. The minimum absolute atomic E-state index is 0.0351. The Hall–Kier alpha value is -1.15. The molecular weight excluding hydrogens is 342 g/mol. The van der Waals surface area contributed by atoms with Gasteiger partial charge in [0.2, 0.25) is 0 Å². The summed E-state index contributed by atoms with van der Waals surface area (Å²) >= 11 is 0. The van der Waals surface area contributed by atoms with E-state index in [0.29, 0.717) is 19.5 Å². The topological polar surface area (TPSA) is 78.0 Å². The first-order valence-corrected chi connectivity index (χ1v) is 11.0. The van der Waals surface area contributed by atoms with Crippen LogP contribution in [0.5, 0.6) is 0 Å². The predicted molar refractivity (Wildman–Crippen MR) is 97.0 cm³/mol. The van der Waals surface area contributed by atoms with E-state index in [-0.39, 0.29) is 23.6 Å². The highest BCUT2D eigenvalue weighted by atomic mass is 32.2. The Bertz CT molecular complexity index is 585. The average molecular weight is 374 g/mol. The van der Waals surface area contributed by atoms with Crippen molar-refractivity contribution in [1.29, 1.82) is 0 Å². The quantitative estimate of drug-likeness (QED) is 0.650. The lowest BCUT2D eigenvalue weighted by Gasteiger charge is -2.34. The van der Waals surface area contributed by atoms with Crippen LogP contribution in [0.4, 0.5) is 0 Å². The molecule has 1 saturated carbocycles. The van der Waals surface area contributed by atoms with Crippen LogP contribution < -0.4 is 0 Å². The summed E-state index contributed by atoms with van der Waals surface area (Å²) in [6.07, 6.45) is 5.64. The third-order valence-electron chi connectivity index (χ3n) is 5.32. The highest BCUT2D eigenvalue weighted by Gasteiger charge is 2.38. The number of amides is 2. The van der Waals surface area contributed by atoms with Gasteiger partial charge < -0.3 is 14.7 Å². The minimum atomic E-state index is -3.11. The van der Waals surface area contributed by atoms with E-state index in [0.717, 1.165) is 25.7 Å². The molecule has 0 aromatic heterocycles. The molecule has 7 nitrogen and oxygen atoms in total. The van der Waals surface area contributed by atoms with Crippen molar-refractivity contribution < 1.29 is 18.0 Å². The number of carbonyl (C=O) groups is 2. The summed E-state index contributed by atoms with van der Waals surface area (Å²) < 4.78 is 23.6. The smallest absolute Gasteiger partial charge is 0.312 e. The molecular formula is C17H31N3O4S. The van der Waals surface area contributed by atoms with Crippen molar-refractivity contribution in [3.63, 3.8) is 0 Å². The van der Waals surface area contributed by atoms with E-state index in [1.807, 2.05) is 19.0 Å². The van der Waals surface area contributed by atoms with Gasteiger partial charge in [-0.05, 0) is 33.4 Å². The molecule has 2 aliphatic rings. The zero-order valence-electron chi connectivity index (χ0n) is 15.6. The molecule has 2 rings (SSSR count). The Balaban J connectivity index is 2.08. The van der Waals surface area contributed by atoms with Crippen LogP contribution in [0.3, 0.4) is 0 Å². The van der Waals surface area contributed by atoms with E-state index in [1.165, 1.54) is 11.3 Å². The molecule has 144 valence electrons. The molecule has 8 heteroatoms. The molecule has 0 bridgehead atoms. The Kier molecular flexibility index (Phi) is 6.85. The van der Waals surface area contributed by atoms with Gasteiger partial charge in [0.1, 0.15) is 0 Å². The predicted octanol–water partition coefficient (Wildman–Crippen LogP) is 0.355. The maximum absolute atomic E-state index is 12.9. The third kappa shape index (κ3) is 5.41. The fourth-order valence-electron chi connectivity index (χ4n) is 3.69. The third-order valence-corrected chi connectivity index (χ3v) is 7.07. The number of likely N-dealkylation sites (N-methyl/N-ethyl adjacent to an activating group) is 2. The van der Waals surface area contributed by atoms with Crippen LogP contribution in [-0.2, 0) is 19.4 Å². The van der Waals surface area contributed by atoms with E-state index >= 15 is 0 Å². The lowest BCUT2D eigenvalue weighted by Crippen LogP contribution is -2.52. The zero-order valence-corrected chi connectivity index (χ0v) is 16.4. The Labute approximate surface area is 151 Å². The number of sulfone groups is 1.